The van der Waals surface area contributed by atoms with Crippen molar-refractivity contribution < 1.29 is 9.59 Å². The molecule has 2 N–H and O–H groups in total. The van der Waals surface area contributed by atoms with E-state index in [1.165, 1.54) is 0 Å². The molecular formula is C25H21N2O2. The lowest BCUT2D eigenvalue weighted by atomic mass is 9.99. The van der Waals surface area contributed by atoms with Crippen LogP contribution in [0.4, 0.5) is 0 Å². The summed E-state index contributed by atoms with van der Waals surface area (Å²) in [5.41, 5.74) is 10.8. The molecule has 143 valence electrons. The van der Waals surface area contributed by atoms with Gasteiger partial charge in [0.2, 0.25) is 0 Å². The van der Waals surface area contributed by atoms with Crippen molar-refractivity contribution in [3.63, 3.8) is 0 Å². The van der Waals surface area contributed by atoms with Crippen LogP contribution in [-0.2, 0) is 17.8 Å². The summed E-state index contributed by atoms with van der Waals surface area (Å²) in [5, 5.41) is 0.644. The summed E-state index contributed by atoms with van der Waals surface area (Å²) >= 11 is 0. The molecule has 4 nitrogen and oxygen atoms in total. The van der Waals surface area contributed by atoms with Crippen molar-refractivity contribution >= 4 is 22.6 Å². The molecule has 0 saturated carbocycles. The van der Waals surface area contributed by atoms with E-state index in [9.17, 15) is 9.59 Å². The summed E-state index contributed by atoms with van der Waals surface area (Å²) in [4.78, 5) is 24.3. The molecule has 0 saturated heterocycles. The number of aromatic nitrogens is 1. The first-order chi connectivity index (χ1) is 14.1. The fraction of sp³-hybridized carbons (Fsp3) is 0.120. The number of Topliss-reactive ketones (excluding diaryl/α,β-unsaturated/α-hetero) is 1. The molecule has 0 aliphatic carbocycles. The number of primary amides is 1. The van der Waals surface area contributed by atoms with Crippen LogP contribution in [0.2, 0.25) is 0 Å². The second-order valence-electron chi connectivity index (χ2n) is 6.91. The minimum atomic E-state index is -0.944. The highest BCUT2D eigenvalue weighted by molar-refractivity contribution is 6.44. The Hall–Kier alpha value is -3.66. The average molecular weight is 381 g/mol. The lowest BCUT2D eigenvalue weighted by Gasteiger charge is -2.14. The third-order valence-corrected chi connectivity index (χ3v) is 5.21. The van der Waals surface area contributed by atoms with Crippen LogP contribution in [0.3, 0.4) is 0 Å². The Bertz CT molecular complexity index is 1210. The SMILES string of the molecule is CCc1c(C(=O)C(N)=O)c2[c]cccc2n1Cc1ccccc1-c1ccccc1. The summed E-state index contributed by atoms with van der Waals surface area (Å²) in [5.74, 6) is -1.61. The number of rotatable bonds is 6. The van der Waals surface area contributed by atoms with Crippen LogP contribution in [0.1, 0.15) is 28.5 Å². The number of carbonyl (C=O) groups excluding carboxylic acids is 2. The molecule has 0 aliphatic heterocycles. The third-order valence-electron chi connectivity index (χ3n) is 5.21. The number of nitrogens with zero attached hydrogens (tertiary/aromatic N) is 1. The van der Waals surface area contributed by atoms with E-state index in [0.717, 1.165) is 27.9 Å². The molecule has 1 radical (unpaired) electrons. The summed E-state index contributed by atoms with van der Waals surface area (Å²) in [6, 6.07) is 27.2. The zero-order valence-electron chi connectivity index (χ0n) is 16.2. The van der Waals surface area contributed by atoms with Gasteiger partial charge in [0.15, 0.2) is 0 Å². The molecule has 4 rings (SSSR count). The lowest BCUT2D eigenvalue weighted by molar-refractivity contribution is -0.114. The molecule has 1 aromatic heterocycles. The maximum atomic E-state index is 12.6. The number of carbonyl (C=O) groups is 2. The first-order valence-corrected chi connectivity index (χ1v) is 9.61. The van der Waals surface area contributed by atoms with Gasteiger partial charge in [0.1, 0.15) is 0 Å². The molecule has 4 heteroatoms. The first kappa shape index (κ1) is 18.7. The molecule has 1 heterocycles. The predicted molar refractivity (Wildman–Crippen MR) is 115 cm³/mol. The van der Waals surface area contributed by atoms with E-state index in [0.29, 0.717) is 23.9 Å². The molecule has 0 unspecified atom stereocenters. The molecule has 1 amide bonds. The van der Waals surface area contributed by atoms with E-state index >= 15 is 0 Å². The minimum absolute atomic E-state index is 0.368. The van der Waals surface area contributed by atoms with Crippen LogP contribution < -0.4 is 5.73 Å². The van der Waals surface area contributed by atoms with Crippen molar-refractivity contribution in [2.24, 2.45) is 5.73 Å². The Balaban J connectivity index is 1.91. The summed E-state index contributed by atoms with van der Waals surface area (Å²) in [6.45, 7) is 2.56. The maximum Gasteiger partial charge on any atom is 0.289 e. The number of amides is 1. The molecule has 0 spiro atoms. The molecule has 0 bridgehead atoms. The van der Waals surface area contributed by atoms with Crippen LogP contribution in [0, 0.1) is 6.07 Å². The van der Waals surface area contributed by atoms with E-state index in [-0.39, 0.29) is 0 Å². The molecule has 0 atom stereocenters. The Morgan fingerprint density at radius 1 is 0.966 bits per heavy atom. The molecule has 3 aromatic carbocycles. The van der Waals surface area contributed by atoms with Crippen molar-refractivity contribution in [3.05, 3.63) is 95.7 Å². The molecule has 29 heavy (non-hydrogen) atoms. The van der Waals surface area contributed by atoms with Gasteiger partial charge in [-0.3, -0.25) is 9.59 Å². The Kier molecular flexibility index (Phi) is 5.00. The van der Waals surface area contributed by atoms with E-state index in [1.54, 1.807) is 6.07 Å². The molecule has 0 aliphatic rings. The van der Waals surface area contributed by atoms with Crippen molar-refractivity contribution in [1.82, 2.24) is 4.57 Å². The van der Waals surface area contributed by atoms with Crippen LogP contribution >= 0.6 is 0 Å². The Morgan fingerprint density at radius 3 is 2.41 bits per heavy atom. The van der Waals surface area contributed by atoms with E-state index in [2.05, 4.69) is 34.9 Å². The van der Waals surface area contributed by atoms with Gasteiger partial charge in [0, 0.05) is 23.1 Å². The van der Waals surface area contributed by atoms with Gasteiger partial charge in [-0.15, -0.1) is 0 Å². The number of benzene rings is 3. The highest BCUT2D eigenvalue weighted by atomic mass is 16.2. The number of hydrogen-bond acceptors (Lipinski definition) is 2. The smallest absolute Gasteiger partial charge is 0.289 e. The second-order valence-corrected chi connectivity index (χ2v) is 6.91. The number of hydrogen-bond donors (Lipinski definition) is 1. The van der Waals surface area contributed by atoms with E-state index in [1.807, 2.05) is 49.4 Å². The maximum absolute atomic E-state index is 12.6. The van der Waals surface area contributed by atoms with Crippen molar-refractivity contribution in [3.8, 4) is 11.1 Å². The second kappa shape index (κ2) is 7.76. The summed E-state index contributed by atoms with van der Waals surface area (Å²) in [6.07, 6.45) is 0.602. The fourth-order valence-corrected chi connectivity index (χ4v) is 3.92. The van der Waals surface area contributed by atoms with E-state index in [4.69, 9.17) is 5.73 Å². The Morgan fingerprint density at radius 2 is 1.69 bits per heavy atom. The summed E-state index contributed by atoms with van der Waals surface area (Å²) in [7, 11) is 0. The zero-order chi connectivity index (χ0) is 20.4. The van der Waals surface area contributed by atoms with Crippen molar-refractivity contribution in [2.45, 2.75) is 19.9 Å². The highest BCUT2D eigenvalue weighted by Gasteiger charge is 2.25. The van der Waals surface area contributed by atoms with Gasteiger partial charge in [-0.1, -0.05) is 73.7 Å². The predicted octanol–water partition coefficient (Wildman–Crippen LogP) is 4.39. The standard InChI is InChI=1S/C25H21N2O2/c1-2-21-23(24(28)25(26)29)20-14-8-9-15-22(20)27(21)16-18-12-6-7-13-19(18)17-10-4-3-5-11-17/h3-13,15H,2,16H2,1H3,(H2,26,29). The number of ketones is 1. The number of fused-ring (bicyclic) bond motifs is 1. The lowest BCUT2D eigenvalue weighted by Crippen LogP contribution is -2.24. The third kappa shape index (κ3) is 3.34. The topological polar surface area (TPSA) is 65.1 Å². The number of nitrogens with two attached hydrogens (primary N) is 1. The molecular weight excluding hydrogens is 360 g/mol. The van der Waals surface area contributed by atoms with Gasteiger partial charge in [-0.05, 0) is 35.2 Å². The van der Waals surface area contributed by atoms with Crippen LogP contribution in [0.25, 0.3) is 22.0 Å². The monoisotopic (exact) mass is 381 g/mol. The van der Waals surface area contributed by atoms with Gasteiger partial charge < -0.3 is 10.3 Å². The van der Waals surface area contributed by atoms with Crippen molar-refractivity contribution in [1.29, 1.82) is 0 Å². The van der Waals surface area contributed by atoms with Gasteiger partial charge >= 0.3 is 0 Å². The van der Waals surface area contributed by atoms with Crippen LogP contribution in [0.5, 0.6) is 0 Å². The van der Waals surface area contributed by atoms with Crippen LogP contribution in [-0.4, -0.2) is 16.3 Å². The van der Waals surface area contributed by atoms with Gasteiger partial charge in [0.05, 0.1) is 5.56 Å². The van der Waals surface area contributed by atoms with Gasteiger partial charge in [-0.25, -0.2) is 0 Å². The zero-order valence-corrected chi connectivity index (χ0v) is 16.2. The molecule has 4 aromatic rings. The highest BCUT2D eigenvalue weighted by Crippen LogP contribution is 2.30. The average Bonchev–Trinajstić information content (AvgIpc) is 3.07. The van der Waals surface area contributed by atoms with E-state index < -0.39 is 11.7 Å². The van der Waals surface area contributed by atoms with Gasteiger partial charge in [0.25, 0.3) is 11.7 Å². The van der Waals surface area contributed by atoms with Crippen LogP contribution in [0.15, 0.2) is 72.8 Å². The minimum Gasteiger partial charge on any atom is -0.363 e. The van der Waals surface area contributed by atoms with Crippen molar-refractivity contribution in [2.75, 3.05) is 0 Å². The first-order valence-electron chi connectivity index (χ1n) is 9.61. The largest absolute Gasteiger partial charge is 0.363 e. The fourth-order valence-electron chi connectivity index (χ4n) is 3.92. The Labute approximate surface area is 169 Å². The summed E-state index contributed by atoms with van der Waals surface area (Å²) < 4.78 is 2.10. The quantitative estimate of drug-likeness (QED) is 0.398. The van der Waals surface area contributed by atoms with Gasteiger partial charge in [-0.2, -0.15) is 0 Å². The molecule has 0 fully saturated rings. The normalized spacial score (nSPS) is 10.9.